The van der Waals surface area contributed by atoms with Gasteiger partial charge in [0.25, 0.3) is 0 Å². The van der Waals surface area contributed by atoms with Crippen molar-refractivity contribution in [2.45, 2.75) is 13.0 Å². The lowest BCUT2D eigenvalue weighted by molar-refractivity contribution is 0.472. The summed E-state index contributed by atoms with van der Waals surface area (Å²) in [6, 6.07) is 15.0. The van der Waals surface area contributed by atoms with Crippen molar-refractivity contribution in [2.24, 2.45) is 5.73 Å². The summed E-state index contributed by atoms with van der Waals surface area (Å²) in [6.07, 6.45) is 0. The zero-order valence-corrected chi connectivity index (χ0v) is 10.3. The Hall–Kier alpha value is -1.51. The van der Waals surface area contributed by atoms with Gasteiger partial charge in [0, 0.05) is 16.6 Å². The Bertz CT molecular complexity index is 511. The smallest absolute Gasteiger partial charge is 0.132 e. The van der Waals surface area contributed by atoms with Crippen molar-refractivity contribution in [2.75, 3.05) is 0 Å². The van der Waals surface area contributed by atoms with Gasteiger partial charge in [0.1, 0.15) is 11.5 Å². The van der Waals surface area contributed by atoms with Crippen LogP contribution in [0.1, 0.15) is 18.5 Å². The van der Waals surface area contributed by atoms with E-state index in [0.717, 1.165) is 11.3 Å². The van der Waals surface area contributed by atoms with Crippen LogP contribution in [0.15, 0.2) is 48.5 Å². The molecule has 88 valence electrons. The molecule has 0 radical (unpaired) electrons. The number of hydrogen-bond donors (Lipinski definition) is 1. The number of halogens is 1. The van der Waals surface area contributed by atoms with E-state index in [1.54, 1.807) is 6.07 Å². The Morgan fingerprint density at radius 1 is 1.12 bits per heavy atom. The lowest BCUT2D eigenvalue weighted by atomic mass is 10.1. The van der Waals surface area contributed by atoms with E-state index < -0.39 is 0 Å². The van der Waals surface area contributed by atoms with Crippen molar-refractivity contribution < 1.29 is 4.74 Å². The zero-order chi connectivity index (χ0) is 12.3. The van der Waals surface area contributed by atoms with Gasteiger partial charge in [-0.05, 0) is 31.2 Å². The summed E-state index contributed by atoms with van der Waals surface area (Å²) < 4.78 is 5.79. The van der Waals surface area contributed by atoms with Crippen molar-refractivity contribution in [1.29, 1.82) is 0 Å². The van der Waals surface area contributed by atoms with Crippen LogP contribution in [0.25, 0.3) is 0 Å². The van der Waals surface area contributed by atoms with E-state index in [-0.39, 0.29) is 6.04 Å². The Labute approximate surface area is 106 Å². The Balaban J connectivity index is 2.30. The largest absolute Gasteiger partial charge is 0.457 e. The Morgan fingerprint density at radius 2 is 1.88 bits per heavy atom. The molecular weight excluding hydrogens is 234 g/mol. The molecule has 0 saturated heterocycles. The van der Waals surface area contributed by atoms with Crippen LogP contribution in [0.2, 0.25) is 5.02 Å². The quantitative estimate of drug-likeness (QED) is 0.884. The molecule has 2 aromatic carbocycles. The fourth-order valence-corrected chi connectivity index (χ4v) is 1.79. The van der Waals surface area contributed by atoms with Crippen molar-refractivity contribution in [3.8, 4) is 11.5 Å². The van der Waals surface area contributed by atoms with Gasteiger partial charge in [-0.2, -0.15) is 0 Å². The second kappa shape index (κ2) is 5.21. The maximum atomic E-state index is 5.91. The molecule has 0 aliphatic rings. The lowest BCUT2D eigenvalue weighted by Crippen LogP contribution is -2.06. The Kier molecular flexibility index (Phi) is 3.67. The summed E-state index contributed by atoms with van der Waals surface area (Å²) >= 11 is 5.91. The number of hydrogen-bond acceptors (Lipinski definition) is 2. The van der Waals surface area contributed by atoms with Crippen molar-refractivity contribution >= 4 is 11.6 Å². The first-order valence-corrected chi connectivity index (χ1v) is 5.82. The molecule has 0 saturated carbocycles. The van der Waals surface area contributed by atoms with Gasteiger partial charge in [0.15, 0.2) is 0 Å². The van der Waals surface area contributed by atoms with Crippen LogP contribution in [-0.4, -0.2) is 0 Å². The lowest BCUT2D eigenvalue weighted by Gasteiger charge is -2.13. The first-order chi connectivity index (χ1) is 8.16. The third-order valence-corrected chi connectivity index (χ3v) is 2.67. The van der Waals surface area contributed by atoms with Gasteiger partial charge in [-0.25, -0.2) is 0 Å². The van der Waals surface area contributed by atoms with Crippen LogP contribution in [0.5, 0.6) is 11.5 Å². The van der Waals surface area contributed by atoms with E-state index in [4.69, 9.17) is 22.1 Å². The SMILES string of the molecule is C[C@H](N)c1ccccc1Oc1cccc(Cl)c1. The topological polar surface area (TPSA) is 35.2 Å². The number of para-hydroxylation sites is 1. The van der Waals surface area contributed by atoms with E-state index in [0.29, 0.717) is 10.8 Å². The van der Waals surface area contributed by atoms with E-state index in [9.17, 15) is 0 Å². The van der Waals surface area contributed by atoms with Crippen LogP contribution >= 0.6 is 11.6 Å². The highest BCUT2D eigenvalue weighted by Crippen LogP contribution is 2.29. The fraction of sp³-hybridized carbons (Fsp3) is 0.143. The van der Waals surface area contributed by atoms with E-state index in [2.05, 4.69) is 0 Å². The maximum absolute atomic E-state index is 5.91. The molecular formula is C14H14ClNO. The van der Waals surface area contributed by atoms with Gasteiger partial charge in [-0.15, -0.1) is 0 Å². The van der Waals surface area contributed by atoms with Gasteiger partial charge in [-0.3, -0.25) is 0 Å². The standard InChI is InChI=1S/C14H14ClNO/c1-10(16)13-7-2-3-8-14(13)17-12-6-4-5-11(15)9-12/h2-10H,16H2,1H3/t10-/m0/s1. The number of nitrogens with two attached hydrogens (primary N) is 1. The van der Waals surface area contributed by atoms with Crippen LogP contribution in [0, 0.1) is 0 Å². The molecule has 0 aromatic heterocycles. The van der Waals surface area contributed by atoms with Crippen molar-refractivity contribution in [3.05, 3.63) is 59.1 Å². The molecule has 1 atom stereocenters. The number of benzene rings is 2. The number of ether oxygens (including phenoxy) is 1. The summed E-state index contributed by atoms with van der Waals surface area (Å²) in [7, 11) is 0. The highest BCUT2D eigenvalue weighted by molar-refractivity contribution is 6.30. The zero-order valence-electron chi connectivity index (χ0n) is 9.56. The average Bonchev–Trinajstić information content (AvgIpc) is 2.29. The van der Waals surface area contributed by atoms with Gasteiger partial charge in [0.2, 0.25) is 0 Å². The number of rotatable bonds is 3. The van der Waals surface area contributed by atoms with Crippen LogP contribution < -0.4 is 10.5 Å². The van der Waals surface area contributed by atoms with E-state index in [1.807, 2.05) is 49.4 Å². The van der Waals surface area contributed by atoms with Crippen molar-refractivity contribution in [3.63, 3.8) is 0 Å². The summed E-state index contributed by atoms with van der Waals surface area (Å²) in [5.74, 6) is 1.48. The third kappa shape index (κ3) is 2.99. The molecule has 0 fully saturated rings. The second-order valence-electron chi connectivity index (χ2n) is 3.89. The van der Waals surface area contributed by atoms with Crippen molar-refractivity contribution in [1.82, 2.24) is 0 Å². The second-order valence-corrected chi connectivity index (χ2v) is 4.32. The minimum Gasteiger partial charge on any atom is -0.457 e. The Morgan fingerprint density at radius 3 is 2.59 bits per heavy atom. The average molecular weight is 248 g/mol. The van der Waals surface area contributed by atoms with E-state index in [1.165, 1.54) is 0 Å². The minimum absolute atomic E-state index is 0.0645. The monoisotopic (exact) mass is 247 g/mol. The van der Waals surface area contributed by atoms with E-state index >= 15 is 0 Å². The molecule has 17 heavy (non-hydrogen) atoms. The van der Waals surface area contributed by atoms with Gasteiger partial charge >= 0.3 is 0 Å². The first-order valence-electron chi connectivity index (χ1n) is 5.45. The van der Waals surface area contributed by atoms with Crippen LogP contribution in [0.4, 0.5) is 0 Å². The van der Waals surface area contributed by atoms with Gasteiger partial charge in [-0.1, -0.05) is 35.9 Å². The minimum atomic E-state index is -0.0645. The molecule has 0 unspecified atom stereocenters. The van der Waals surface area contributed by atoms with Crippen LogP contribution in [-0.2, 0) is 0 Å². The molecule has 0 aliphatic carbocycles. The fourth-order valence-electron chi connectivity index (χ4n) is 1.61. The third-order valence-electron chi connectivity index (χ3n) is 2.43. The molecule has 2 nitrogen and oxygen atoms in total. The molecule has 2 aromatic rings. The predicted molar refractivity (Wildman–Crippen MR) is 70.6 cm³/mol. The molecule has 0 spiro atoms. The summed E-state index contributed by atoms with van der Waals surface area (Å²) in [4.78, 5) is 0. The first kappa shape index (κ1) is 12.0. The van der Waals surface area contributed by atoms with Gasteiger partial charge in [0.05, 0.1) is 0 Å². The highest BCUT2D eigenvalue weighted by Gasteiger charge is 2.07. The molecule has 2 rings (SSSR count). The molecule has 0 amide bonds. The molecule has 0 heterocycles. The molecule has 2 N–H and O–H groups in total. The normalized spacial score (nSPS) is 12.2. The molecule has 0 aliphatic heterocycles. The summed E-state index contributed by atoms with van der Waals surface area (Å²) in [6.45, 7) is 1.93. The summed E-state index contributed by atoms with van der Waals surface area (Å²) in [5.41, 5.74) is 6.87. The summed E-state index contributed by atoms with van der Waals surface area (Å²) in [5, 5.41) is 0.653. The van der Waals surface area contributed by atoms with Gasteiger partial charge < -0.3 is 10.5 Å². The maximum Gasteiger partial charge on any atom is 0.132 e. The molecule has 3 heteroatoms. The van der Waals surface area contributed by atoms with Crippen LogP contribution in [0.3, 0.4) is 0 Å². The predicted octanol–water partition coefficient (Wildman–Crippen LogP) is 4.15. The molecule has 0 bridgehead atoms. The highest BCUT2D eigenvalue weighted by atomic mass is 35.5.